The first-order valence-electron chi connectivity index (χ1n) is 4.33. The molecule has 0 unspecified atom stereocenters. The molecule has 18 heavy (non-hydrogen) atoms. The number of primary amides is 1. The second-order valence-electron chi connectivity index (χ2n) is 2.95. The van der Waals surface area contributed by atoms with E-state index in [-0.39, 0.29) is 0 Å². The monoisotopic (exact) mass is 271 g/mol. The van der Waals surface area contributed by atoms with E-state index in [1.165, 1.54) is 0 Å². The Labute approximate surface area is 97.1 Å². The third-order valence-electron chi connectivity index (χ3n) is 1.67. The maximum absolute atomic E-state index is 12.0. The molecular formula is C9H6F5NO3. The maximum atomic E-state index is 12.0. The summed E-state index contributed by atoms with van der Waals surface area (Å²) in [6, 6.07) is 2.16. The third kappa shape index (κ3) is 4.07. The van der Waals surface area contributed by atoms with Crippen LogP contribution in [0.25, 0.3) is 0 Å². The largest absolute Gasteiger partial charge is 0.573 e. The van der Waals surface area contributed by atoms with Crippen molar-refractivity contribution in [3.63, 3.8) is 0 Å². The lowest BCUT2D eigenvalue weighted by molar-refractivity contribution is -0.274. The van der Waals surface area contributed by atoms with E-state index in [2.05, 4.69) is 9.47 Å². The summed E-state index contributed by atoms with van der Waals surface area (Å²) >= 11 is 0. The van der Waals surface area contributed by atoms with Crippen LogP contribution in [0.2, 0.25) is 0 Å². The molecule has 2 N–H and O–H groups in total. The highest BCUT2D eigenvalue weighted by molar-refractivity contribution is 5.95. The average Bonchev–Trinajstić information content (AvgIpc) is 2.13. The molecule has 0 aliphatic carbocycles. The minimum atomic E-state index is -5.09. The highest BCUT2D eigenvalue weighted by atomic mass is 19.4. The molecule has 0 spiro atoms. The van der Waals surface area contributed by atoms with Crippen LogP contribution >= 0.6 is 0 Å². The van der Waals surface area contributed by atoms with Gasteiger partial charge in [0, 0.05) is 6.07 Å². The van der Waals surface area contributed by atoms with Crippen molar-refractivity contribution >= 4 is 5.91 Å². The molecule has 1 rings (SSSR count). The number of hydrogen-bond donors (Lipinski definition) is 1. The SMILES string of the molecule is NC(=O)c1ccc(OC(F)F)cc1OC(F)(F)F. The first-order chi connectivity index (χ1) is 8.19. The van der Waals surface area contributed by atoms with Crippen molar-refractivity contribution in [2.24, 2.45) is 5.73 Å². The van der Waals surface area contributed by atoms with E-state index in [4.69, 9.17) is 5.73 Å². The van der Waals surface area contributed by atoms with E-state index in [0.29, 0.717) is 6.07 Å². The van der Waals surface area contributed by atoms with Crippen LogP contribution < -0.4 is 15.2 Å². The molecule has 0 atom stereocenters. The fourth-order valence-electron chi connectivity index (χ4n) is 1.09. The fraction of sp³-hybridized carbons (Fsp3) is 0.222. The summed E-state index contributed by atoms with van der Waals surface area (Å²) < 4.78 is 67.2. The summed E-state index contributed by atoms with van der Waals surface area (Å²) in [6.45, 7) is -3.22. The summed E-state index contributed by atoms with van der Waals surface area (Å²) in [4.78, 5) is 10.8. The first kappa shape index (κ1) is 14.0. The van der Waals surface area contributed by atoms with Crippen molar-refractivity contribution in [2.45, 2.75) is 13.0 Å². The molecule has 0 saturated carbocycles. The van der Waals surface area contributed by atoms with E-state index < -0.39 is 35.9 Å². The number of nitrogens with two attached hydrogens (primary N) is 1. The Balaban J connectivity index is 3.11. The number of halogens is 5. The molecule has 0 bridgehead atoms. The van der Waals surface area contributed by atoms with Crippen molar-refractivity contribution in [3.05, 3.63) is 23.8 Å². The summed E-state index contributed by atoms with van der Waals surface area (Å²) in [5.41, 5.74) is 4.21. The van der Waals surface area contributed by atoms with Crippen molar-refractivity contribution < 1.29 is 36.2 Å². The number of hydrogen-bond acceptors (Lipinski definition) is 3. The predicted octanol–water partition coefficient (Wildman–Crippen LogP) is 2.29. The Kier molecular flexibility index (Phi) is 3.94. The van der Waals surface area contributed by atoms with E-state index in [9.17, 15) is 26.7 Å². The molecule has 1 aromatic rings. The number of carbonyl (C=O) groups is 1. The van der Waals surface area contributed by atoms with Gasteiger partial charge in [0.25, 0.3) is 5.91 Å². The van der Waals surface area contributed by atoms with Crippen LogP contribution in [0.3, 0.4) is 0 Å². The Morgan fingerprint density at radius 3 is 2.33 bits per heavy atom. The molecule has 0 radical (unpaired) electrons. The maximum Gasteiger partial charge on any atom is 0.573 e. The molecule has 0 saturated heterocycles. The lowest BCUT2D eigenvalue weighted by Crippen LogP contribution is -2.21. The number of amides is 1. The van der Waals surface area contributed by atoms with Gasteiger partial charge in [0.2, 0.25) is 0 Å². The Morgan fingerprint density at radius 2 is 1.89 bits per heavy atom. The van der Waals surface area contributed by atoms with Crippen LogP contribution in [-0.4, -0.2) is 18.9 Å². The number of benzene rings is 1. The average molecular weight is 271 g/mol. The molecule has 0 aromatic heterocycles. The highest BCUT2D eigenvalue weighted by Gasteiger charge is 2.33. The zero-order chi connectivity index (χ0) is 13.9. The molecule has 0 aliphatic rings. The van der Waals surface area contributed by atoms with Crippen LogP contribution in [0.15, 0.2) is 18.2 Å². The lowest BCUT2D eigenvalue weighted by atomic mass is 10.2. The van der Waals surface area contributed by atoms with Gasteiger partial charge in [-0.2, -0.15) is 8.78 Å². The van der Waals surface area contributed by atoms with Gasteiger partial charge < -0.3 is 15.2 Å². The van der Waals surface area contributed by atoms with Gasteiger partial charge in [0.15, 0.2) is 0 Å². The second kappa shape index (κ2) is 5.07. The standard InChI is InChI=1S/C9H6F5NO3/c10-8(11)17-4-1-2-5(7(15)16)6(3-4)18-9(12,13)14/h1-3,8H,(H2,15,16). The van der Waals surface area contributed by atoms with Crippen molar-refractivity contribution in [3.8, 4) is 11.5 Å². The number of rotatable bonds is 4. The molecule has 9 heteroatoms. The number of carbonyl (C=O) groups excluding carboxylic acids is 1. The van der Waals surface area contributed by atoms with Crippen LogP contribution in [0, 0.1) is 0 Å². The fourth-order valence-corrected chi connectivity index (χ4v) is 1.09. The van der Waals surface area contributed by atoms with Crippen LogP contribution in [0.5, 0.6) is 11.5 Å². The molecule has 100 valence electrons. The van der Waals surface area contributed by atoms with Gasteiger partial charge in [-0.15, -0.1) is 13.2 Å². The first-order valence-corrected chi connectivity index (χ1v) is 4.33. The van der Waals surface area contributed by atoms with Gasteiger partial charge in [0.05, 0.1) is 5.56 Å². The predicted molar refractivity (Wildman–Crippen MR) is 48.3 cm³/mol. The minimum Gasteiger partial charge on any atom is -0.435 e. The summed E-state index contributed by atoms with van der Waals surface area (Å²) in [6.07, 6.45) is -5.09. The highest BCUT2D eigenvalue weighted by Crippen LogP contribution is 2.30. The van der Waals surface area contributed by atoms with Crippen LogP contribution in [-0.2, 0) is 0 Å². The third-order valence-corrected chi connectivity index (χ3v) is 1.67. The molecule has 0 aliphatic heterocycles. The molecule has 4 nitrogen and oxygen atoms in total. The zero-order valence-corrected chi connectivity index (χ0v) is 8.50. The summed E-state index contributed by atoms with van der Waals surface area (Å²) in [5.74, 6) is -2.79. The zero-order valence-electron chi connectivity index (χ0n) is 8.50. The molecule has 0 fully saturated rings. The number of ether oxygens (including phenoxy) is 2. The molecule has 1 aromatic carbocycles. The van der Waals surface area contributed by atoms with Crippen molar-refractivity contribution in [1.82, 2.24) is 0 Å². The second-order valence-corrected chi connectivity index (χ2v) is 2.95. The van der Waals surface area contributed by atoms with Gasteiger partial charge in [-0.1, -0.05) is 0 Å². The molecule has 0 heterocycles. The van der Waals surface area contributed by atoms with Crippen molar-refractivity contribution in [2.75, 3.05) is 0 Å². The van der Waals surface area contributed by atoms with Crippen molar-refractivity contribution in [1.29, 1.82) is 0 Å². The Morgan fingerprint density at radius 1 is 1.28 bits per heavy atom. The lowest BCUT2D eigenvalue weighted by Gasteiger charge is -2.13. The Bertz CT molecular complexity index is 446. The number of alkyl halides is 5. The molecular weight excluding hydrogens is 265 g/mol. The minimum absolute atomic E-state index is 0.500. The van der Waals surface area contributed by atoms with E-state index in [0.717, 1.165) is 12.1 Å². The molecule has 1 amide bonds. The van der Waals surface area contributed by atoms with Crippen LogP contribution in [0.1, 0.15) is 10.4 Å². The van der Waals surface area contributed by atoms with E-state index in [1.54, 1.807) is 0 Å². The van der Waals surface area contributed by atoms with Crippen LogP contribution in [0.4, 0.5) is 22.0 Å². The summed E-state index contributed by atoms with van der Waals surface area (Å²) in [5, 5.41) is 0. The quantitative estimate of drug-likeness (QED) is 0.854. The van der Waals surface area contributed by atoms with Gasteiger partial charge in [-0.25, -0.2) is 0 Å². The smallest absolute Gasteiger partial charge is 0.435 e. The van der Waals surface area contributed by atoms with E-state index >= 15 is 0 Å². The topological polar surface area (TPSA) is 61.6 Å². The van der Waals surface area contributed by atoms with Gasteiger partial charge >= 0.3 is 13.0 Å². The normalized spacial score (nSPS) is 11.4. The van der Waals surface area contributed by atoms with E-state index in [1.807, 2.05) is 0 Å². The van der Waals surface area contributed by atoms with Gasteiger partial charge in [0.1, 0.15) is 11.5 Å². The van der Waals surface area contributed by atoms with Gasteiger partial charge in [-0.05, 0) is 12.1 Å². The summed E-state index contributed by atoms with van der Waals surface area (Å²) in [7, 11) is 0. The Hall–Kier alpha value is -2.06. The van der Waals surface area contributed by atoms with Gasteiger partial charge in [-0.3, -0.25) is 4.79 Å².